The lowest BCUT2D eigenvalue weighted by atomic mass is 10.0. The summed E-state index contributed by atoms with van der Waals surface area (Å²) in [4.78, 5) is 2.41. The van der Waals surface area contributed by atoms with Gasteiger partial charge in [0.15, 0.2) is 0 Å². The van der Waals surface area contributed by atoms with E-state index in [-0.39, 0.29) is 6.61 Å². The third-order valence-corrected chi connectivity index (χ3v) is 3.32. The molecule has 0 spiro atoms. The number of piperazine rings is 1. The maximum Gasteiger partial charge on any atom is 0.0681 e. The first kappa shape index (κ1) is 11.6. The molecule has 1 saturated heterocycles. The van der Waals surface area contributed by atoms with Crippen LogP contribution in [0.5, 0.6) is 0 Å². The zero-order valence-corrected chi connectivity index (χ0v) is 9.82. The maximum absolute atomic E-state index is 8.97. The van der Waals surface area contributed by atoms with E-state index in [9.17, 15) is 0 Å². The monoisotopic (exact) mass is 220 g/mol. The molecule has 2 N–H and O–H groups in total. The number of benzene rings is 1. The summed E-state index contributed by atoms with van der Waals surface area (Å²) in [5.74, 6) is 0. The van der Waals surface area contributed by atoms with E-state index in [0.717, 1.165) is 31.6 Å². The van der Waals surface area contributed by atoms with E-state index < -0.39 is 0 Å². The molecular weight excluding hydrogens is 200 g/mol. The van der Waals surface area contributed by atoms with Gasteiger partial charge in [0.1, 0.15) is 0 Å². The fraction of sp³-hybridized carbons (Fsp3) is 0.538. The summed E-state index contributed by atoms with van der Waals surface area (Å²) in [5, 5.41) is 12.4. The standard InChI is InChI=1S/C13H20N2O/c1-15-7-6-14-9-13(15)8-11-2-4-12(10-16)5-3-11/h2-5,13-14,16H,6-10H2,1H3. The summed E-state index contributed by atoms with van der Waals surface area (Å²) in [6.45, 7) is 3.42. The molecular formula is C13H20N2O. The van der Waals surface area contributed by atoms with Crippen LogP contribution < -0.4 is 5.32 Å². The predicted molar refractivity (Wildman–Crippen MR) is 65.4 cm³/mol. The molecule has 0 bridgehead atoms. The van der Waals surface area contributed by atoms with Crippen molar-refractivity contribution in [2.24, 2.45) is 0 Å². The Bertz CT molecular complexity index is 323. The molecule has 0 aromatic heterocycles. The Hall–Kier alpha value is -0.900. The number of rotatable bonds is 3. The zero-order valence-electron chi connectivity index (χ0n) is 9.82. The number of aliphatic hydroxyl groups excluding tert-OH is 1. The molecule has 88 valence electrons. The Balaban J connectivity index is 1.96. The van der Waals surface area contributed by atoms with Gasteiger partial charge in [0, 0.05) is 25.7 Å². The normalized spacial score (nSPS) is 22.2. The van der Waals surface area contributed by atoms with Crippen LogP contribution in [-0.2, 0) is 13.0 Å². The molecule has 1 aromatic carbocycles. The van der Waals surface area contributed by atoms with Crippen molar-refractivity contribution in [3.63, 3.8) is 0 Å². The van der Waals surface area contributed by atoms with Crippen LogP contribution in [0.25, 0.3) is 0 Å². The minimum absolute atomic E-state index is 0.130. The van der Waals surface area contributed by atoms with Crippen LogP contribution in [0.1, 0.15) is 11.1 Å². The molecule has 1 heterocycles. The second kappa shape index (κ2) is 5.43. The number of nitrogens with zero attached hydrogens (tertiary/aromatic N) is 1. The van der Waals surface area contributed by atoms with E-state index in [0.29, 0.717) is 6.04 Å². The summed E-state index contributed by atoms with van der Waals surface area (Å²) < 4.78 is 0. The molecule has 0 saturated carbocycles. The summed E-state index contributed by atoms with van der Waals surface area (Å²) in [6.07, 6.45) is 1.08. The average molecular weight is 220 g/mol. The molecule has 2 rings (SSSR count). The molecule has 1 aliphatic rings. The average Bonchev–Trinajstić information content (AvgIpc) is 2.33. The van der Waals surface area contributed by atoms with Gasteiger partial charge in [-0.25, -0.2) is 0 Å². The van der Waals surface area contributed by atoms with E-state index in [1.165, 1.54) is 5.56 Å². The first-order valence-corrected chi connectivity index (χ1v) is 5.89. The molecule has 1 fully saturated rings. The number of nitrogens with one attached hydrogen (secondary N) is 1. The van der Waals surface area contributed by atoms with Crippen LogP contribution >= 0.6 is 0 Å². The Kier molecular flexibility index (Phi) is 3.93. The van der Waals surface area contributed by atoms with Crippen molar-refractivity contribution in [2.75, 3.05) is 26.7 Å². The van der Waals surface area contributed by atoms with Crippen molar-refractivity contribution in [3.8, 4) is 0 Å². The summed E-state index contributed by atoms with van der Waals surface area (Å²) in [7, 11) is 2.19. The van der Waals surface area contributed by atoms with Gasteiger partial charge in [0.2, 0.25) is 0 Å². The lowest BCUT2D eigenvalue weighted by Crippen LogP contribution is -2.50. The Labute approximate surface area is 97.1 Å². The van der Waals surface area contributed by atoms with E-state index in [1.54, 1.807) is 0 Å². The third kappa shape index (κ3) is 2.82. The topological polar surface area (TPSA) is 35.5 Å². The van der Waals surface area contributed by atoms with Gasteiger partial charge in [-0.1, -0.05) is 24.3 Å². The zero-order chi connectivity index (χ0) is 11.4. The lowest BCUT2D eigenvalue weighted by molar-refractivity contribution is 0.199. The molecule has 1 aromatic rings. The molecule has 0 aliphatic carbocycles. The number of hydrogen-bond acceptors (Lipinski definition) is 3. The van der Waals surface area contributed by atoms with Crippen molar-refractivity contribution in [1.29, 1.82) is 0 Å². The number of aliphatic hydroxyl groups is 1. The van der Waals surface area contributed by atoms with Crippen LogP contribution in [0, 0.1) is 0 Å². The minimum Gasteiger partial charge on any atom is -0.392 e. The van der Waals surface area contributed by atoms with Crippen molar-refractivity contribution in [2.45, 2.75) is 19.1 Å². The molecule has 3 heteroatoms. The van der Waals surface area contributed by atoms with Crippen LogP contribution in [-0.4, -0.2) is 42.7 Å². The Morgan fingerprint density at radius 1 is 1.31 bits per heavy atom. The highest BCUT2D eigenvalue weighted by molar-refractivity contribution is 5.22. The second-order valence-corrected chi connectivity index (χ2v) is 4.52. The number of likely N-dealkylation sites (N-methyl/N-ethyl adjacent to an activating group) is 1. The quantitative estimate of drug-likeness (QED) is 0.784. The van der Waals surface area contributed by atoms with Crippen molar-refractivity contribution in [1.82, 2.24) is 10.2 Å². The van der Waals surface area contributed by atoms with E-state index >= 15 is 0 Å². The molecule has 1 atom stereocenters. The van der Waals surface area contributed by atoms with Gasteiger partial charge in [-0.2, -0.15) is 0 Å². The van der Waals surface area contributed by atoms with Crippen molar-refractivity contribution in [3.05, 3.63) is 35.4 Å². The Morgan fingerprint density at radius 3 is 2.62 bits per heavy atom. The van der Waals surface area contributed by atoms with E-state index in [1.807, 2.05) is 12.1 Å². The molecule has 1 aliphatic heterocycles. The Morgan fingerprint density at radius 2 is 2.00 bits per heavy atom. The largest absolute Gasteiger partial charge is 0.392 e. The van der Waals surface area contributed by atoms with E-state index in [4.69, 9.17) is 5.11 Å². The van der Waals surface area contributed by atoms with Crippen molar-refractivity contribution < 1.29 is 5.11 Å². The second-order valence-electron chi connectivity index (χ2n) is 4.52. The van der Waals surface area contributed by atoms with Gasteiger partial charge < -0.3 is 15.3 Å². The SMILES string of the molecule is CN1CCNCC1Cc1ccc(CO)cc1. The fourth-order valence-electron chi connectivity index (χ4n) is 2.14. The van der Waals surface area contributed by atoms with Gasteiger partial charge in [0.25, 0.3) is 0 Å². The molecule has 0 amide bonds. The summed E-state index contributed by atoms with van der Waals surface area (Å²) in [6, 6.07) is 8.84. The highest BCUT2D eigenvalue weighted by Crippen LogP contribution is 2.11. The lowest BCUT2D eigenvalue weighted by Gasteiger charge is -2.33. The number of hydrogen-bond donors (Lipinski definition) is 2. The van der Waals surface area contributed by atoms with Crippen LogP contribution in [0.15, 0.2) is 24.3 Å². The first-order chi connectivity index (χ1) is 7.79. The van der Waals surface area contributed by atoms with Gasteiger partial charge in [-0.3, -0.25) is 0 Å². The van der Waals surface area contributed by atoms with Crippen LogP contribution in [0.2, 0.25) is 0 Å². The molecule has 16 heavy (non-hydrogen) atoms. The predicted octanol–water partition coefficient (Wildman–Crippen LogP) is 0.625. The summed E-state index contributed by atoms with van der Waals surface area (Å²) in [5.41, 5.74) is 2.33. The molecule has 1 unspecified atom stereocenters. The van der Waals surface area contributed by atoms with Gasteiger partial charge >= 0.3 is 0 Å². The molecule has 0 radical (unpaired) electrons. The highest BCUT2D eigenvalue weighted by Gasteiger charge is 2.18. The molecule has 3 nitrogen and oxygen atoms in total. The van der Waals surface area contributed by atoms with Crippen molar-refractivity contribution >= 4 is 0 Å². The maximum atomic E-state index is 8.97. The van der Waals surface area contributed by atoms with Gasteiger partial charge in [-0.05, 0) is 24.6 Å². The van der Waals surface area contributed by atoms with E-state index in [2.05, 4.69) is 29.4 Å². The first-order valence-electron chi connectivity index (χ1n) is 5.89. The smallest absolute Gasteiger partial charge is 0.0681 e. The van der Waals surface area contributed by atoms with Crippen LogP contribution in [0.4, 0.5) is 0 Å². The third-order valence-electron chi connectivity index (χ3n) is 3.32. The van der Waals surface area contributed by atoms with Crippen LogP contribution in [0.3, 0.4) is 0 Å². The van der Waals surface area contributed by atoms with Gasteiger partial charge in [-0.15, -0.1) is 0 Å². The highest BCUT2D eigenvalue weighted by atomic mass is 16.3. The summed E-state index contributed by atoms with van der Waals surface area (Å²) >= 11 is 0. The fourth-order valence-corrected chi connectivity index (χ4v) is 2.14. The van der Waals surface area contributed by atoms with Gasteiger partial charge in [0.05, 0.1) is 6.61 Å². The minimum atomic E-state index is 0.130.